The highest BCUT2D eigenvalue weighted by atomic mass is 19.1. The highest BCUT2D eigenvalue weighted by molar-refractivity contribution is 5.95. The largest absolute Gasteiger partial charge is 0.485 e. The van der Waals surface area contributed by atoms with E-state index in [-0.39, 0.29) is 35.7 Å². The molecular weight excluding hydrogens is 422 g/mol. The van der Waals surface area contributed by atoms with Crippen molar-refractivity contribution in [3.63, 3.8) is 0 Å². The molecule has 3 aromatic rings. The first-order valence-electron chi connectivity index (χ1n) is 10.1. The van der Waals surface area contributed by atoms with Gasteiger partial charge in [-0.2, -0.15) is 0 Å². The standard InChI is InChI=1S/C22H22F2N4O4/c1-11-8-18(32-10-13-14(23)4-3-5-15(13)24)20-25-12(2)19(28(20)9-11)21(29)26-16-6-7-17(16)27-22(30)31/h3-5,8-9,16-17,27H,6-7,10H2,1-2H3,(H,26,29)(H,30,31). The van der Waals surface area contributed by atoms with Crippen LogP contribution in [0.5, 0.6) is 5.75 Å². The molecule has 168 valence electrons. The van der Waals surface area contributed by atoms with Crippen LogP contribution in [0.2, 0.25) is 0 Å². The van der Waals surface area contributed by atoms with Gasteiger partial charge in [0.05, 0.1) is 17.3 Å². The second-order valence-electron chi connectivity index (χ2n) is 7.82. The summed E-state index contributed by atoms with van der Waals surface area (Å²) in [6, 6.07) is 4.62. The number of carbonyl (C=O) groups is 2. The highest BCUT2D eigenvalue weighted by Gasteiger charge is 2.34. The van der Waals surface area contributed by atoms with Gasteiger partial charge in [-0.3, -0.25) is 9.20 Å². The Labute approximate surface area is 182 Å². The SMILES string of the molecule is Cc1cc(OCc2c(F)cccc2F)c2nc(C)c(C(=O)NC3CCC3NC(=O)O)n2c1. The molecule has 0 aliphatic heterocycles. The molecule has 8 nitrogen and oxygen atoms in total. The van der Waals surface area contributed by atoms with Crippen LogP contribution in [0.3, 0.4) is 0 Å². The number of nitrogens with zero attached hydrogens (tertiary/aromatic N) is 2. The lowest BCUT2D eigenvalue weighted by Gasteiger charge is -2.36. The van der Waals surface area contributed by atoms with Gasteiger partial charge >= 0.3 is 6.09 Å². The van der Waals surface area contributed by atoms with Gasteiger partial charge in [0.15, 0.2) is 11.4 Å². The Bertz CT molecular complexity index is 1190. The number of aromatic nitrogens is 2. The van der Waals surface area contributed by atoms with Gasteiger partial charge in [-0.05, 0) is 50.5 Å². The first kappa shape index (κ1) is 21.5. The molecule has 3 N–H and O–H groups in total. The monoisotopic (exact) mass is 444 g/mol. The molecular formula is C22H22F2N4O4. The van der Waals surface area contributed by atoms with Crippen molar-refractivity contribution < 1.29 is 28.2 Å². The molecule has 2 atom stereocenters. The maximum Gasteiger partial charge on any atom is 0.404 e. The Hall–Kier alpha value is -3.69. The van der Waals surface area contributed by atoms with Crippen molar-refractivity contribution in [2.45, 2.75) is 45.4 Å². The number of fused-ring (bicyclic) bond motifs is 1. The molecule has 10 heteroatoms. The number of pyridine rings is 1. The fourth-order valence-corrected chi connectivity index (χ4v) is 3.80. The quantitative estimate of drug-likeness (QED) is 0.541. The van der Waals surface area contributed by atoms with Crippen LogP contribution in [0.25, 0.3) is 5.65 Å². The van der Waals surface area contributed by atoms with Crippen molar-refractivity contribution >= 4 is 17.6 Å². The summed E-state index contributed by atoms with van der Waals surface area (Å²) in [7, 11) is 0. The van der Waals surface area contributed by atoms with Crippen molar-refractivity contribution in [2.24, 2.45) is 0 Å². The van der Waals surface area contributed by atoms with Crippen LogP contribution in [0.15, 0.2) is 30.5 Å². The summed E-state index contributed by atoms with van der Waals surface area (Å²) in [5.41, 5.74) is 1.62. The summed E-state index contributed by atoms with van der Waals surface area (Å²) in [6.07, 6.45) is 1.89. The van der Waals surface area contributed by atoms with E-state index in [9.17, 15) is 18.4 Å². The van der Waals surface area contributed by atoms with Crippen molar-refractivity contribution in [1.82, 2.24) is 20.0 Å². The predicted molar refractivity (Wildman–Crippen MR) is 111 cm³/mol. The van der Waals surface area contributed by atoms with Gasteiger partial charge in [0.1, 0.15) is 23.9 Å². The Kier molecular flexibility index (Phi) is 5.68. The molecule has 0 spiro atoms. The lowest BCUT2D eigenvalue weighted by molar-refractivity contribution is 0.0883. The topological polar surface area (TPSA) is 105 Å². The second-order valence-corrected chi connectivity index (χ2v) is 7.82. The van der Waals surface area contributed by atoms with E-state index in [1.807, 2.05) is 0 Å². The number of nitrogens with one attached hydrogen (secondary N) is 2. The second kappa shape index (κ2) is 8.45. The van der Waals surface area contributed by atoms with Gasteiger partial charge in [-0.25, -0.2) is 18.6 Å². The zero-order valence-corrected chi connectivity index (χ0v) is 17.5. The fourth-order valence-electron chi connectivity index (χ4n) is 3.80. The molecule has 2 aromatic heterocycles. The van der Waals surface area contributed by atoms with Crippen LogP contribution >= 0.6 is 0 Å². The number of carbonyl (C=O) groups excluding carboxylic acids is 1. The summed E-state index contributed by atoms with van der Waals surface area (Å²) >= 11 is 0. The number of imidazole rings is 1. The average molecular weight is 444 g/mol. The summed E-state index contributed by atoms with van der Waals surface area (Å²) in [4.78, 5) is 28.3. The van der Waals surface area contributed by atoms with Crippen LogP contribution in [0.1, 0.15) is 40.2 Å². The molecule has 0 bridgehead atoms. The molecule has 1 fully saturated rings. The van der Waals surface area contributed by atoms with E-state index in [4.69, 9.17) is 9.84 Å². The van der Waals surface area contributed by atoms with Crippen LogP contribution in [0.4, 0.5) is 13.6 Å². The van der Waals surface area contributed by atoms with Crippen LogP contribution in [-0.4, -0.2) is 38.6 Å². The Balaban J connectivity index is 1.60. The van der Waals surface area contributed by atoms with Gasteiger partial charge in [0, 0.05) is 12.2 Å². The van der Waals surface area contributed by atoms with E-state index in [0.29, 0.717) is 24.2 Å². The smallest absolute Gasteiger partial charge is 0.404 e. The number of halogens is 2. The van der Waals surface area contributed by atoms with E-state index < -0.39 is 23.6 Å². The third kappa shape index (κ3) is 4.08. The van der Waals surface area contributed by atoms with Crippen LogP contribution in [0, 0.1) is 25.5 Å². The number of amides is 2. The lowest BCUT2D eigenvalue weighted by atomic mass is 9.86. The molecule has 2 unspecified atom stereocenters. The molecule has 1 aromatic carbocycles. The van der Waals surface area contributed by atoms with Crippen molar-refractivity contribution in [3.05, 3.63) is 64.6 Å². The summed E-state index contributed by atoms with van der Waals surface area (Å²) in [6.45, 7) is 3.13. The lowest BCUT2D eigenvalue weighted by Crippen LogP contribution is -2.58. The Morgan fingerprint density at radius 2 is 1.84 bits per heavy atom. The zero-order chi connectivity index (χ0) is 23.0. The first-order chi connectivity index (χ1) is 15.2. The molecule has 0 radical (unpaired) electrons. The van der Waals surface area contributed by atoms with Gasteiger partial charge in [-0.15, -0.1) is 0 Å². The average Bonchev–Trinajstić information content (AvgIpc) is 3.04. The summed E-state index contributed by atoms with van der Waals surface area (Å²) < 4.78 is 35.2. The van der Waals surface area contributed by atoms with Gasteiger partial charge in [0.2, 0.25) is 0 Å². The van der Waals surface area contributed by atoms with Crippen molar-refractivity contribution in [1.29, 1.82) is 0 Å². The Morgan fingerprint density at radius 3 is 2.47 bits per heavy atom. The highest BCUT2D eigenvalue weighted by Crippen LogP contribution is 2.27. The third-order valence-corrected chi connectivity index (χ3v) is 5.55. The normalized spacial score (nSPS) is 17.6. The van der Waals surface area contributed by atoms with E-state index in [1.54, 1.807) is 30.5 Å². The first-order valence-corrected chi connectivity index (χ1v) is 10.1. The molecule has 1 aliphatic rings. The number of rotatable bonds is 6. The molecule has 2 heterocycles. The van der Waals surface area contributed by atoms with Gasteiger partial charge in [0.25, 0.3) is 5.91 Å². The number of hydrogen-bond donors (Lipinski definition) is 3. The number of benzene rings is 1. The summed E-state index contributed by atoms with van der Waals surface area (Å²) in [5, 5.41) is 14.1. The molecule has 0 saturated heterocycles. The fraction of sp³-hybridized carbons (Fsp3) is 0.318. The van der Waals surface area contributed by atoms with Crippen molar-refractivity contribution in [2.75, 3.05) is 0 Å². The van der Waals surface area contributed by atoms with E-state index >= 15 is 0 Å². The van der Waals surface area contributed by atoms with Gasteiger partial charge in [-0.1, -0.05) is 6.07 Å². The van der Waals surface area contributed by atoms with E-state index in [0.717, 1.165) is 17.7 Å². The van der Waals surface area contributed by atoms with Crippen molar-refractivity contribution in [3.8, 4) is 5.75 Å². The van der Waals surface area contributed by atoms with Crippen LogP contribution in [-0.2, 0) is 6.61 Å². The minimum Gasteiger partial charge on any atom is -0.485 e. The predicted octanol–water partition coefficient (Wildman–Crippen LogP) is 3.34. The molecule has 4 rings (SSSR count). The zero-order valence-electron chi connectivity index (χ0n) is 17.5. The third-order valence-electron chi connectivity index (χ3n) is 5.55. The molecule has 32 heavy (non-hydrogen) atoms. The number of carboxylic acid groups (broad SMARTS) is 1. The summed E-state index contributed by atoms with van der Waals surface area (Å²) in [5.74, 6) is -1.53. The molecule has 2 amide bonds. The maximum atomic E-state index is 14.0. The Morgan fingerprint density at radius 1 is 1.19 bits per heavy atom. The minimum absolute atomic E-state index is 0.199. The van der Waals surface area contributed by atoms with E-state index in [1.165, 1.54) is 6.07 Å². The molecule has 1 saturated carbocycles. The minimum atomic E-state index is -1.14. The van der Waals surface area contributed by atoms with Crippen LogP contribution < -0.4 is 15.4 Å². The number of ether oxygens (including phenoxy) is 1. The number of aryl methyl sites for hydroxylation is 2. The number of hydrogen-bond acceptors (Lipinski definition) is 4. The van der Waals surface area contributed by atoms with Gasteiger partial charge < -0.3 is 20.5 Å². The molecule has 1 aliphatic carbocycles. The van der Waals surface area contributed by atoms with E-state index in [2.05, 4.69) is 15.6 Å². The maximum absolute atomic E-state index is 14.0.